The second-order valence-electron chi connectivity index (χ2n) is 5.79. The maximum absolute atomic E-state index is 12.5. The third-order valence-corrected chi connectivity index (χ3v) is 5.60. The van der Waals surface area contributed by atoms with E-state index in [0.717, 1.165) is 12.0 Å². The highest BCUT2D eigenvalue weighted by Crippen LogP contribution is 2.19. The third kappa shape index (κ3) is 3.48. The van der Waals surface area contributed by atoms with Crippen molar-refractivity contribution in [2.75, 3.05) is 13.6 Å². The molecule has 0 bridgehead atoms. The van der Waals surface area contributed by atoms with Gasteiger partial charge in [-0.1, -0.05) is 23.7 Å². The molecule has 1 aromatic carbocycles. The molecule has 1 amide bonds. The van der Waals surface area contributed by atoms with Gasteiger partial charge in [0.15, 0.2) is 0 Å². The van der Waals surface area contributed by atoms with E-state index in [-0.39, 0.29) is 17.3 Å². The number of benzene rings is 1. The van der Waals surface area contributed by atoms with E-state index in [9.17, 15) is 13.2 Å². The van der Waals surface area contributed by atoms with Crippen molar-refractivity contribution >= 4 is 27.5 Å². The summed E-state index contributed by atoms with van der Waals surface area (Å²) in [5.41, 5.74) is 1.17. The van der Waals surface area contributed by atoms with Gasteiger partial charge in [-0.3, -0.25) is 4.79 Å². The number of aromatic nitrogens is 1. The second kappa shape index (κ2) is 6.58. The Hall–Kier alpha value is -1.83. The number of carbonyl (C=O) groups excluding carboxylic acids is 1. The fourth-order valence-electron chi connectivity index (χ4n) is 2.68. The number of halogens is 1. The van der Waals surface area contributed by atoms with Gasteiger partial charge in [-0.25, -0.2) is 13.1 Å². The van der Waals surface area contributed by atoms with Crippen LogP contribution in [0, 0.1) is 0 Å². The second-order valence-corrected chi connectivity index (χ2v) is 7.99. The lowest BCUT2D eigenvalue weighted by atomic mass is 10.2. The van der Waals surface area contributed by atoms with Crippen LogP contribution in [0.15, 0.2) is 41.4 Å². The minimum atomic E-state index is -3.70. The Labute approximate surface area is 146 Å². The molecule has 2 heterocycles. The summed E-state index contributed by atoms with van der Waals surface area (Å²) in [5, 5.41) is 0.552. The zero-order chi connectivity index (χ0) is 17.3. The SMILES string of the molecule is CN1CCCn2cc(S(=O)(=O)NCc3cccc(Cl)c3)cc2C1=O. The summed E-state index contributed by atoms with van der Waals surface area (Å²) in [4.78, 5) is 14.0. The molecule has 3 rings (SSSR count). The van der Waals surface area contributed by atoms with Crippen molar-refractivity contribution < 1.29 is 13.2 Å². The summed E-state index contributed by atoms with van der Waals surface area (Å²) in [5.74, 6) is -0.163. The molecule has 8 heteroatoms. The number of hydrogen-bond donors (Lipinski definition) is 1. The van der Waals surface area contributed by atoms with E-state index in [1.807, 2.05) is 0 Å². The predicted molar refractivity (Wildman–Crippen MR) is 91.5 cm³/mol. The third-order valence-electron chi connectivity index (χ3n) is 4.00. The molecule has 0 unspecified atom stereocenters. The summed E-state index contributed by atoms with van der Waals surface area (Å²) in [6.07, 6.45) is 2.31. The van der Waals surface area contributed by atoms with Crippen molar-refractivity contribution in [1.29, 1.82) is 0 Å². The molecule has 0 atom stereocenters. The number of carbonyl (C=O) groups is 1. The number of nitrogens with one attached hydrogen (secondary N) is 1. The fraction of sp³-hybridized carbons (Fsp3) is 0.312. The Morgan fingerprint density at radius 3 is 2.79 bits per heavy atom. The Bertz CT molecular complexity index is 876. The van der Waals surface area contributed by atoms with E-state index >= 15 is 0 Å². The lowest BCUT2D eigenvalue weighted by molar-refractivity contribution is 0.0796. The first kappa shape index (κ1) is 17.0. The Kier molecular flexibility index (Phi) is 4.67. The van der Waals surface area contributed by atoms with Gasteiger partial charge in [0.1, 0.15) is 10.6 Å². The van der Waals surface area contributed by atoms with E-state index < -0.39 is 10.0 Å². The first-order valence-corrected chi connectivity index (χ1v) is 9.43. The summed E-state index contributed by atoms with van der Waals surface area (Å²) in [7, 11) is -1.98. The van der Waals surface area contributed by atoms with Crippen molar-refractivity contribution in [2.45, 2.75) is 24.4 Å². The maximum Gasteiger partial charge on any atom is 0.270 e. The minimum Gasteiger partial charge on any atom is -0.342 e. The van der Waals surface area contributed by atoms with Gasteiger partial charge in [-0.2, -0.15) is 0 Å². The van der Waals surface area contributed by atoms with Gasteiger partial charge in [0, 0.05) is 37.9 Å². The zero-order valence-electron chi connectivity index (χ0n) is 13.2. The molecule has 1 aliphatic rings. The number of nitrogens with zero attached hydrogens (tertiary/aromatic N) is 2. The number of aryl methyl sites for hydroxylation is 1. The summed E-state index contributed by atoms with van der Waals surface area (Å²) in [6, 6.07) is 8.43. The van der Waals surface area contributed by atoms with Crippen molar-refractivity contribution in [1.82, 2.24) is 14.2 Å². The molecular formula is C16H18ClN3O3S. The standard InChI is InChI=1S/C16H18ClN3O3S/c1-19-6-3-7-20-11-14(9-15(20)16(19)21)24(22,23)18-10-12-4-2-5-13(17)8-12/h2,4-5,8-9,11,18H,3,6-7,10H2,1H3. The molecule has 1 aliphatic heterocycles. The number of sulfonamides is 1. The van der Waals surface area contributed by atoms with E-state index in [1.165, 1.54) is 12.3 Å². The van der Waals surface area contributed by atoms with Crippen LogP contribution in [0.25, 0.3) is 0 Å². The van der Waals surface area contributed by atoms with Crippen LogP contribution in [0.2, 0.25) is 5.02 Å². The quantitative estimate of drug-likeness (QED) is 0.899. The van der Waals surface area contributed by atoms with Crippen LogP contribution in [0.3, 0.4) is 0 Å². The van der Waals surface area contributed by atoms with Crippen LogP contribution in [0.4, 0.5) is 0 Å². The lowest BCUT2D eigenvalue weighted by Crippen LogP contribution is -2.26. The lowest BCUT2D eigenvalue weighted by Gasteiger charge is -2.12. The van der Waals surface area contributed by atoms with E-state index in [0.29, 0.717) is 23.8 Å². The number of rotatable bonds is 4. The molecule has 0 fully saturated rings. The highest BCUT2D eigenvalue weighted by molar-refractivity contribution is 7.89. The van der Waals surface area contributed by atoms with Crippen LogP contribution in [0.1, 0.15) is 22.5 Å². The zero-order valence-corrected chi connectivity index (χ0v) is 14.8. The largest absolute Gasteiger partial charge is 0.342 e. The van der Waals surface area contributed by atoms with E-state index in [2.05, 4.69) is 4.72 Å². The van der Waals surface area contributed by atoms with E-state index in [1.54, 1.807) is 40.8 Å². The molecule has 0 aliphatic carbocycles. The highest BCUT2D eigenvalue weighted by atomic mass is 35.5. The molecular weight excluding hydrogens is 350 g/mol. The molecule has 1 N–H and O–H groups in total. The highest BCUT2D eigenvalue weighted by Gasteiger charge is 2.25. The van der Waals surface area contributed by atoms with Crippen LogP contribution in [0.5, 0.6) is 0 Å². The predicted octanol–water partition coefficient (Wildman–Crippen LogP) is 2.10. The Morgan fingerprint density at radius 1 is 1.25 bits per heavy atom. The van der Waals surface area contributed by atoms with Gasteiger partial charge in [0.2, 0.25) is 10.0 Å². The van der Waals surface area contributed by atoms with Crippen LogP contribution in [-0.4, -0.2) is 37.4 Å². The fourth-order valence-corrected chi connectivity index (χ4v) is 3.95. The number of amides is 1. The van der Waals surface area contributed by atoms with E-state index in [4.69, 9.17) is 11.6 Å². The maximum atomic E-state index is 12.5. The molecule has 6 nitrogen and oxygen atoms in total. The summed E-state index contributed by atoms with van der Waals surface area (Å²) >= 11 is 5.90. The normalized spacial score (nSPS) is 15.2. The monoisotopic (exact) mass is 367 g/mol. The van der Waals surface area contributed by atoms with Crippen LogP contribution in [-0.2, 0) is 23.1 Å². The van der Waals surface area contributed by atoms with Crippen LogP contribution >= 0.6 is 11.6 Å². The van der Waals surface area contributed by atoms with Crippen molar-refractivity contribution in [3.8, 4) is 0 Å². The average Bonchev–Trinajstić information content (AvgIpc) is 2.92. The van der Waals surface area contributed by atoms with Gasteiger partial charge in [-0.05, 0) is 30.2 Å². The Morgan fingerprint density at radius 2 is 2.04 bits per heavy atom. The number of hydrogen-bond acceptors (Lipinski definition) is 3. The molecule has 0 saturated carbocycles. The van der Waals surface area contributed by atoms with Crippen molar-refractivity contribution in [2.24, 2.45) is 0 Å². The average molecular weight is 368 g/mol. The molecule has 128 valence electrons. The van der Waals surface area contributed by atoms with Gasteiger partial charge < -0.3 is 9.47 Å². The van der Waals surface area contributed by atoms with Gasteiger partial charge in [-0.15, -0.1) is 0 Å². The molecule has 0 spiro atoms. The first-order chi connectivity index (χ1) is 11.4. The van der Waals surface area contributed by atoms with Gasteiger partial charge >= 0.3 is 0 Å². The molecule has 1 aromatic heterocycles. The smallest absolute Gasteiger partial charge is 0.270 e. The molecule has 0 saturated heterocycles. The van der Waals surface area contributed by atoms with Crippen LogP contribution < -0.4 is 4.72 Å². The molecule has 24 heavy (non-hydrogen) atoms. The molecule has 2 aromatic rings. The Balaban J connectivity index is 1.82. The topological polar surface area (TPSA) is 71.4 Å². The minimum absolute atomic E-state index is 0.100. The molecule has 0 radical (unpaired) electrons. The summed E-state index contributed by atoms with van der Waals surface area (Å²) in [6.45, 7) is 1.42. The van der Waals surface area contributed by atoms with Crippen molar-refractivity contribution in [3.05, 3.63) is 52.8 Å². The number of fused-ring (bicyclic) bond motifs is 1. The summed E-state index contributed by atoms with van der Waals surface area (Å²) < 4.78 is 29.3. The van der Waals surface area contributed by atoms with Gasteiger partial charge in [0.05, 0.1) is 0 Å². The first-order valence-electron chi connectivity index (χ1n) is 7.56. The van der Waals surface area contributed by atoms with Crippen molar-refractivity contribution in [3.63, 3.8) is 0 Å². The van der Waals surface area contributed by atoms with Gasteiger partial charge in [0.25, 0.3) is 5.91 Å².